The van der Waals surface area contributed by atoms with E-state index in [0.29, 0.717) is 0 Å². The molecule has 48 heavy (non-hydrogen) atoms. The summed E-state index contributed by atoms with van der Waals surface area (Å²) in [5.74, 6) is -0.607. The summed E-state index contributed by atoms with van der Waals surface area (Å²) in [6, 6.07) is 28.6. The predicted molar refractivity (Wildman–Crippen MR) is 193 cm³/mol. The Morgan fingerprint density at radius 2 is 1.56 bits per heavy atom. The molecule has 4 aromatic carbocycles. The predicted octanol–water partition coefficient (Wildman–Crippen LogP) is 7.40. The van der Waals surface area contributed by atoms with E-state index >= 15 is 0 Å². The zero-order valence-electron chi connectivity index (χ0n) is 26.7. The van der Waals surface area contributed by atoms with Crippen molar-refractivity contribution in [1.82, 2.24) is 10.2 Å². The minimum absolute atomic E-state index is 0.00533. The lowest BCUT2D eigenvalue weighted by Crippen LogP contribution is -2.55. The number of hydrogen-bond acceptors (Lipinski definition) is 5. The number of carbonyl (C=O) groups excluding carboxylic acids is 2. The summed E-state index contributed by atoms with van der Waals surface area (Å²) in [6.45, 7) is -0.538. The third-order valence-corrected chi connectivity index (χ3v) is 11.0. The number of methoxy groups -OCH3 is 1. The summed E-state index contributed by atoms with van der Waals surface area (Å²) in [4.78, 5) is 30.5. The number of carbonyl (C=O) groups is 2. The van der Waals surface area contributed by atoms with Crippen LogP contribution in [0.1, 0.15) is 43.2 Å². The highest BCUT2D eigenvalue weighted by Crippen LogP contribution is 2.35. The molecule has 0 radical (unpaired) electrons. The van der Waals surface area contributed by atoms with E-state index in [1.807, 2.05) is 54.6 Å². The molecule has 2 amide bonds. The molecule has 1 saturated carbocycles. The Morgan fingerprint density at radius 3 is 2.23 bits per heavy atom. The number of benzene rings is 4. The molecule has 0 spiro atoms. The number of halogens is 2. The van der Waals surface area contributed by atoms with Gasteiger partial charge in [-0.1, -0.05) is 107 Å². The van der Waals surface area contributed by atoms with E-state index in [1.165, 1.54) is 30.2 Å². The first-order chi connectivity index (χ1) is 23.2. The monoisotopic (exact) mass is 751 g/mol. The summed E-state index contributed by atoms with van der Waals surface area (Å²) in [5.41, 5.74) is 1.76. The molecule has 0 aromatic heterocycles. The van der Waals surface area contributed by atoms with E-state index in [-0.39, 0.29) is 46.3 Å². The highest BCUT2D eigenvalue weighted by Gasteiger charge is 2.36. The number of hydrogen-bond donors (Lipinski definition) is 1. The van der Waals surface area contributed by atoms with Crippen molar-refractivity contribution in [1.29, 1.82) is 0 Å². The molecule has 0 aliphatic heterocycles. The molecule has 11 heteroatoms. The topological polar surface area (TPSA) is 96.0 Å². The normalized spacial score (nSPS) is 14.1. The highest BCUT2D eigenvalue weighted by molar-refractivity contribution is 9.10. The van der Waals surface area contributed by atoms with Gasteiger partial charge in [0.2, 0.25) is 11.8 Å². The standard InChI is InChI=1S/C37H39BrClN3O5S/c1-47-35-21-20-30(39)24-33(35)42(48(45,46)32-18-9-4-10-19-32)26-36(43)41(25-28-14-11-15-29(38)22-28)34(23-27-12-5-2-6-13-27)37(44)40-31-16-7-3-8-17-31/h2,4-6,9-15,18-22,24,31,34H,3,7-8,16-17,23,25-26H2,1H3,(H,40,44)/t34-/m1/s1. The maximum atomic E-state index is 14.8. The van der Waals surface area contributed by atoms with Crippen molar-refractivity contribution in [3.63, 3.8) is 0 Å². The highest BCUT2D eigenvalue weighted by atomic mass is 79.9. The maximum absolute atomic E-state index is 14.8. The van der Waals surface area contributed by atoms with Gasteiger partial charge in [0.1, 0.15) is 18.3 Å². The number of nitrogens with one attached hydrogen (secondary N) is 1. The van der Waals surface area contributed by atoms with Gasteiger partial charge in [-0.05, 0) is 66.4 Å². The van der Waals surface area contributed by atoms with Crippen molar-refractivity contribution in [2.45, 2.75) is 62.0 Å². The van der Waals surface area contributed by atoms with E-state index in [0.717, 1.165) is 52.0 Å². The molecule has 1 N–H and O–H groups in total. The fraction of sp³-hybridized carbons (Fsp3) is 0.297. The summed E-state index contributed by atoms with van der Waals surface area (Å²) in [6.07, 6.45) is 5.19. The number of rotatable bonds is 13. The molecule has 5 rings (SSSR count). The van der Waals surface area contributed by atoms with E-state index in [2.05, 4.69) is 21.2 Å². The van der Waals surface area contributed by atoms with Gasteiger partial charge in [0.05, 0.1) is 17.7 Å². The van der Waals surface area contributed by atoms with Crippen molar-refractivity contribution >= 4 is 55.1 Å². The van der Waals surface area contributed by atoms with E-state index in [9.17, 15) is 18.0 Å². The number of nitrogens with zero attached hydrogens (tertiary/aromatic N) is 2. The van der Waals surface area contributed by atoms with Crippen LogP contribution in [0.4, 0.5) is 5.69 Å². The van der Waals surface area contributed by atoms with Crippen LogP contribution in [-0.2, 0) is 32.6 Å². The average Bonchev–Trinajstić information content (AvgIpc) is 3.09. The Balaban J connectivity index is 1.60. The van der Waals surface area contributed by atoms with Crippen LogP contribution in [0.15, 0.2) is 112 Å². The summed E-state index contributed by atoms with van der Waals surface area (Å²) >= 11 is 9.90. The molecule has 252 valence electrons. The summed E-state index contributed by atoms with van der Waals surface area (Å²) < 4.78 is 36.0. The molecule has 0 bridgehead atoms. The lowest BCUT2D eigenvalue weighted by Gasteiger charge is -2.35. The van der Waals surface area contributed by atoms with Crippen molar-refractivity contribution in [2.24, 2.45) is 0 Å². The third kappa shape index (κ3) is 8.98. The Labute approximate surface area is 296 Å². The van der Waals surface area contributed by atoms with Gasteiger partial charge < -0.3 is 15.0 Å². The Bertz CT molecular complexity index is 1800. The third-order valence-electron chi connectivity index (χ3n) is 8.48. The van der Waals surface area contributed by atoms with E-state index < -0.39 is 28.5 Å². The van der Waals surface area contributed by atoms with Crippen LogP contribution in [0.25, 0.3) is 0 Å². The molecular formula is C37H39BrClN3O5S. The second-order valence-electron chi connectivity index (χ2n) is 11.8. The SMILES string of the molecule is COc1ccc(Cl)cc1N(CC(=O)N(Cc1cccc(Br)c1)[C@H](Cc1ccccc1)C(=O)NC1CCCCC1)S(=O)(=O)c1ccccc1. The van der Waals surface area contributed by atoms with Gasteiger partial charge in [-0.3, -0.25) is 13.9 Å². The van der Waals surface area contributed by atoms with Crippen molar-refractivity contribution in [2.75, 3.05) is 18.0 Å². The number of amides is 2. The molecule has 1 aliphatic rings. The van der Waals surface area contributed by atoms with Gasteiger partial charge in [0.25, 0.3) is 10.0 Å². The molecule has 0 saturated heterocycles. The minimum atomic E-state index is -4.30. The maximum Gasteiger partial charge on any atom is 0.264 e. The molecule has 0 unspecified atom stereocenters. The van der Waals surface area contributed by atoms with Crippen LogP contribution < -0.4 is 14.4 Å². The number of sulfonamides is 1. The van der Waals surface area contributed by atoms with E-state index in [1.54, 1.807) is 30.3 Å². The minimum Gasteiger partial charge on any atom is -0.495 e. The van der Waals surface area contributed by atoms with Crippen LogP contribution in [-0.4, -0.2) is 50.9 Å². The van der Waals surface area contributed by atoms with Crippen LogP contribution in [0.3, 0.4) is 0 Å². The van der Waals surface area contributed by atoms with Gasteiger partial charge >= 0.3 is 0 Å². The zero-order chi connectivity index (χ0) is 34.1. The zero-order valence-corrected chi connectivity index (χ0v) is 29.9. The summed E-state index contributed by atoms with van der Waals surface area (Å²) in [5, 5.41) is 3.50. The lowest BCUT2D eigenvalue weighted by atomic mass is 9.94. The van der Waals surface area contributed by atoms with Gasteiger partial charge in [-0.25, -0.2) is 8.42 Å². The first kappa shape index (κ1) is 35.4. The quantitative estimate of drug-likeness (QED) is 0.154. The molecule has 8 nitrogen and oxygen atoms in total. The fourth-order valence-corrected chi connectivity index (χ4v) is 8.07. The van der Waals surface area contributed by atoms with Gasteiger partial charge in [-0.2, -0.15) is 0 Å². The number of ether oxygens (including phenoxy) is 1. The second kappa shape index (κ2) is 16.5. The van der Waals surface area contributed by atoms with Crippen molar-refractivity contribution < 1.29 is 22.7 Å². The van der Waals surface area contributed by atoms with Gasteiger partial charge in [-0.15, -0.1) is 0 Å². The molecule has 1 atom stereocenters. The smallest absolute Gasteiger partial charge is 0.264 e. The van der Waals surface area contributed by atoms with Crippen LogP contribution in [0.2, 0.25) is 5.02 Å². The summed E-state index contributed by atoms with van der Waals surface area (Å²) in [7, 11) is -2.88. The molecule has 4 aromatic rings. The second-order valence-corrected chi connectivity index (χ2v) is 15.1. The molecule has 1 aliphatic carbocycles. The van der Waals surface area contributed by atoms with Crippen LogP contribution in [0.5, 0.6) is 5.75 Å². The largest absolute Gasteiger partial charge is 0.495 e. The molecule has 1 fully saturated rings. The van der Waals surface area contributed by atoms with Crippen molar-refractivity contribution in [3.05, 3.63) is 124 Å². The first-order valence-electron chi connectivity index (χ1n) is 16.0. The Morgan fingerprint density at radius 1 is 0.896 bits per heavy atom. The average molecular weight is 753 g/mol. The van der Waals surface area contributed by atoms with Crippen molar-refractivity contribution in [3.8, 4) is 5.75 Å². The van der Waals surface area contributed by atoms with E-state index in [4.69, 9.17) is 16.3 Å². The first-order valence-corrected chi connectivity index (χ1v) is 18.6. The van der Waals surface area contributed by atoms with Crippen LogP contribution >= 0.6 is 27.5 Å². The Kier molecular flexibility index (Phi) is 12.2. The van der Waals surface area contributed by atoms with Gasteiger partial charge in [0, 0.05) is 28.5 Å². The fourth-order valence-electron chi connectivity index (χ4n) is 6.02. The van der Waals surface area contributed by atoms with Crippen LogP contribution in [0, 0.1) is 0 Å². The Hall–Kier alpha value is -3.86. The lowest BCUT2D eigenvalue weighted by molar-refractivity contribution is -0.140. The molecule has 0 heterocycles. The number of anilines is 1. The molecular weight excluding hydrogens is 714 g/mol. The van der Waals surface area contributed by atoms with Gasteiger partial charge in [0.15, 0.2) is 0 Å².